The van der Waals surface area contributed by atoms with Crippen molar-refractivity contribution in [2.24, 2.45) is 13.0 Å². The minimum atomic E-state index is -3.90. The first kappa shape index (κ1) is 23.0. The Morgan fingerprint density at radius 3 is 2.58 bits per heavy atom. The number of aromatic nitrogens is 2. The second-order valence-corrected chi connectivity index (χ2v) is 9.70. The summed E-state index contributed by atoms with van der Waals surface area (Å²) in [5.74, 6) is -2.53. The van der Waals surface area contributed by atoms with E-state index >= 15 is 0 Å². The lowest BCUT2D eigenvalue weighted by Crippen LogP contribution is -2.56. The Morgan fingerprint density at radius 1 is 1.32 bits per heavy atom. The van der Waals surface area contributed by atoms with Gasteiger partial charge in [0.25, 0.3) is 5.91 Å². The zero-order valence-electron chi connectivity index (χ0n) is 17.1. The van der Waals surface area contributed by atoms with E-state index in [2.05, 4.69) is 4.98 Å². The Bertz CT molecular complexity index is 1110. The fourth-order valence-electron chi connectivity index (χ4n) is 3.12. The van der Waals surface area contributed by atoms with Gasteiger partial charge in [0.2, 0.25) is 10.0 Å². The van der Waals surface area contributed by atoms with E-state index < -0.39 is 27.3 Å². The van der Waals surface area contributed by atoms with Gasteiger partial charge in [-0.05, 0) is 12.1 Å². The molecule has 1 aromatic carbocycles. The smallest absolute Gasteiger partial charge is 0.319 e. The van der Waals surface area contributed by atoms with E-state index in [4.69, 9.17) is 11.6 Å². The zero-order chi connectivity index (χ0) is 22.9. The van der Waals surface area contributed by atoms with Crippen LogP contribution >= 0.6 is 11.6 Å². The van der Waals surface area contributed by atoms with E-state index in [9.17, 15) is 22.4 Å². The highest BCUT2D eigenvalue weighted by Crippen LogP contribution is 2.27. The van der Waals surface area contributed by atoms with Crippen LogP contribution in [0.15, 0.2) is 24.7 Å². The number of nitrogens with zero attached hydrogens (tertiary/aromatic N) is 4. The molecule has 3 rings (SSSR count). The van der Waals surface area contributed by atoms with Gasteiger partial charge in [0.1, 0.15) is 0 Å². The number of aryl methyl sites for hydroxylation is 1. The molecule has 0 spiro atoms. The standard InChI is InChI=1S/C18H22ClFN6O4S/c1-24(2)18(28)26-6-11(7-26)9-31(29,30)23-22-17(27)13-4-12(5-14(19)16(13)20)15-8-25(3)10-21-15/h4-5,8,10-11,23H,6-7,9H2,1-3H3,(H,22,27). The van der Waals surface area contributed by atoms with Crippen molar-refractivity contribution in [3.05, 3.63) is 41.1 Å². The van der Waals surface area contributed by atoms with Crippen LogP contribution < -0.4 is 10.3 Å². The molecule has 0 saturated carbocycles. The summed E-state index contributed by atoms with van der Waals surface area (Å²) >= 11 is 5.90. The average Bonchev–Trinajstić information content (AvgIpc) is 3.10. The van der Waals surface area contributed by atoms with Crippen molar-refractivity contribution in [1.29, 1.82) is 0 Å². The summed E-state index contributed by atoms with van der Waals surface area (Å²) in [6.07, 6.45) is 3.20. The van der Waals surface area contributed by atoms with Crippen molar-refractivity contribution in [2.45, 2.75) is 0 Å². The lowest BCUT2D eigenvalue weighted by atomic mass is 10.0. The molecule has 168 valence electrons. The second kappa shape index (κ2) is 8.81. The van der Waals surface area contributed by atoms with Gasteiger partial charge >= 0.3 is 6.03 Å². The molecular formula is C18H22ClFN6O4S. The van der Waals surface area contributed by atoms with Crippen LogP contribution in [0.4, 0.5) is 9.18 Å². The lowest BCUT2D eigenvalue weighted by Gasteiger charge is -2.40. The monoisotopic (exact) mass is 472 g/mol. The predicted molar refractivity (Wildman–Crippen MR) is 112 cm³/mol. The summed E-state index contributed by atoms with van der Waals surface area (Å²) < 4.78 is 40.6. The quantitative estimate of drug-likeness (QED) is 0.610. The fraction of sp³-hybridized carbons (Fsp3) is 0.389. The fourth-order valence-corrected chi connectivity index (χ4v) is 4.50. The molecular weight excluding hydrogens is 451 g/mol. The van der Waals surface area contributed by atoms with Gasteiger partial charge in [-0.2, -0.15) is 0 Å². The van der Waals surface area contributed by atoms with Gasteiger partial charge in [-0.25, -0.2) is 22.6 Å². The van der Waals surface area contributed by atoms with Crippen LogP contribution in [0.5, 0.6) is 0 Å². The highest BCUT2D eigenvalue weighted by atomic mass is 35.5. The molecule has 1 aliphatic rings. The van der Waals surface area contributed by atoms with Gasteiger partial charge in [-0.1, -0.05) is 11.6 Å². The molecule has 3 amide bonds. The summed E-state index contributed by atoms with van der Waals surface area (Å²) in [5.41, 5.74) is 2.45. The van der Waals surface area contributed by atoms with Crippen LogP contribution in [0.3, 0.4) is 0 Å². The Kier molecular flexibility index (Phi) is 6.53. The molecule has 0 radical (unpaired) electrons. The van der Waals surface area contributed by atoms with Crippen molar-refractivity contribution < 1.29 is 22.4 Å². The van der Waals surface area contributed by atoms with E-state index in [1.807, 2.05) is 10.3 Å². The van der Waals surface area contributed by atoms with E-state index in [1.165, 1.54) is 28.3 Å². The third-order valence-corrected chi connectivity index (χ3v) is 6.26. The van der Waals surface area contributed by atoms with Gasteiger partial charge in [0, 0.05) is 51.9 Å². The summed E-state index contributed by atoms with van der Waals surface area (Å²) in [4.78, 5) is 33.2. The molecule has 0 unspecified atom stereocenters. The number of sulfonamides is 1. The first-order chi connectivity index (χ1) is 14.5. The lowest BCUT2D eigenvalue weighted by molar-refractivity contribution is 0.0940. The SMILES string of the molecule is CN(C)C(=O)N1CC(CS(=O)(=O)NNC(=O)c2cc(-c3cn(C)cn3)cc(Cl)c2F)C1. The minimum absolute atomic E-state index is 0.199. The summed E-state index contributed by atoms with van der Waals surface area (Å²) in [6.45, 7) is 0.588. The highest BCUT2D eigenvalue weighted by Gasteiger charge is 2.34. The molecule has 0 bridgehead atoms. The number of carbonyl (C=O) groups excluding carboxylic acids is 2. The van der Waals surface area contributed by atoms with Gasteiger partial charge in [0.05, 0.1) is 28.4 Å². The molecule has 1 saturated heterocycles. The third-order valence-electron chi connectivity index (χ3n) is 4.66. The molecule has 2 N–H and O–H groups in total. The predicted octanol–water partition coefficient (Wildman–Crippen LogP) is 1.06. The topological polar surface area (TPSA) is 117 Å². The van der Waals surface area contributed by atoms with Gasteiger partial charge < -0.3 is 14.4 Å². The van der Waals surface area contributed by atoms with Crippen molar-refractivity contribution in [2.75, 3.05) is 32.9 Å². The number of amides is 3. The van der Waals surface area contributed by atoms with E-state index in [0.29, 0.717) is 24.3 Å². The maximum absolute atomic E-state index is 14.4. The minimum Gasteiger partial charge on any atom is -0.340 e. The molecule has 13 heteroatoms. The number of hydrogen-bond acceptors (Lipinski definition) is 5. The molecule has 1 aliphatic heterocycles. The number of nitrogens with one attached hydrogen (secondary N) is 2. The van der Waals surface area contributed by atoms with Crippen molar-refractivity contribution in [3.8, 4) is 11.3 Å². The zero-order valence-corrected chi connectivity index (χ0v) is 18.7. The maximum atomic E-state index is 14.4. The first-order valence-corrected chi connectivity index (χ1v) is 11.2. The molecule has 1 aromatic heterocycles. The third kappa shape index (κ3) is 5.32. The van der Waals surface area contributed by atoms with E-state index in [1.54, 1.807) is 31.9 Å². The van der Waals surface area contributed by atoms with Gasteiger partial charge in [-0.3, -0.25) is 10.2 Å². The van der Waals surface area contributed by atoms with Crippen LogP contribution in [-0.2, 0) is 17.1 Å². The summed E-state index contributed by atoms with van der Waals surface area (Å²) in [6, 6.07) is 2.37. The molecule has 2 heterocycles. The summed E-state index contributed by atoms with van der Waals surface area (Å²) in [7, 11) is 1.07. The Hall–Kier alpha value is -2.70. The Balaban J connectivity index is 1.63. The second-order valence-electron chi connectivity index (χ2n) is 7.53. The number of likely N-dealkylation sites (tertiary alicyclic amines) is 1. The molecule has 0 atom stereocenters. The van der Waals surface area contributed by atoms with E-state index in [-0.39, 0.29) is 22.7 Å². The van der Waals surface area contributed by atoms with Crippen molar-refractivity contribution in [3.63, 3.8) is 0 Å². The number of hydrogen-bond donors (Lipinski definition) is 2. The molecule has 10 nitrogen and oxygen atoms in total. The molecule has 0 aliphatic carbocycles. The molecule has 2 aromatic rings. The largest absolute Gasteiger partial charge is 0.340 e. The number of imidazole rings is 1. The maximum Gasteiger partial charge on any atom is 0.319 e. The van der Waals surface area contributed by atoms with Crippen LogP contribution in [-0.4, -0.2) is 72.6 Å². The van der Waals surface area contributed by atoms with Crippen molar-refractivity contribution in [1.82, 2.24) is 29.6 Å². The first-order valence-electron chi connectivity index (χ1n) is 9.20. The van der Waals surface area contributed by atoms with Crippen LogP contribution in [0.25, 0.3) is 11.3 Å². The normalized spacial score (nSPS) is 14.3. The van der Waals surface area contributed by atoms with Crippen LogP contribution in [0, 0.1) is 11.7 Å². The van der Waals surface area contributed by atoms with Crippen LogP contribution in [0.2, 0.25) is 5.02 Å². The van der Waals surface area contributed by atoms with Gasteiger partial charge in [-0.15, -0.1) is 4.83 Å². The van der Waals surface area contributed by atoms with Gasteiger partial charge in [0.15, 0.2) is 5.82 Å². The Morgan fingerprint density at radius 2 is 2.00 bits per heavy atom. The Labute approximate surface area is 184 Å². The highest BCUT2D eigenvalue weighted by molar-refractivity contribution is 7.89. The number of carbonyl (C=O) groups is 2. The van der Waals surface area contributed by atoms with Crippen molar-refractivity contribution >= 4 is 33.6 Å². The number of rotatable bonds is 6. The number of halogens is 2. The molecule has 31 heavy (non-hydrogen) atoms. The van der Waals surface area contributed by atoms with E-state index in [0.717, 1.165) is 0 Å². The number of hydrazine groups is 1. The number of benzene rings is 1. The molecule has 1 fully saturated rings. The van der Waals surface area contributed by atoms with Crippen LogP contribution in [0.1, 0.15) is 10.4 Å². The summed E-state index contributed by atoms with van der Waals surface area (Å²) in [5, 5.41) is -0.295. The average molecular weight is 473 g/mol. The number of urea groups is 1.